The zero-order valence-corrected chi connectivity index (χ0v) is 15.4. The van der Waals surface area contributed by atoms with E-state index >= 15 is 0 Å². The Morgan fingerprint density at radius 2 is 1.19 bits per heavy atom. The summed E-state index contributed by atoms with van der Waals surface area (Å²) < 4.78 is 82.8. The van der Waals surface area contributed by atoms with Gasteiger partial charge in [-0.2, -0.15) is 0 Å². The Bertz CT molecular complexity index is 604. The molecule has 0 saturated heterocycles. The maximum absolute atomic E-state index is 13.6. The van der Waals surface area contributed by atoms with Gasteiger partial charge in [0.1, 0.15) is 5.69 Å². The molecular formula is C14H19F5N2O4Si. The number of urea groups is 1. The molecule has 26 heavy (non-hydrogen) atoms. The maximum Gasteiger partial charge on any atom is 0.521 e. The zero-order chi connectivity index (χ0) is 19.9. The van der Waals surface area contributed by atoms with Crippen molar-refractivity contribution >= 4 is 20.5 Å². The Balaban J connectivity index is 2.92. The summed E-state index contributed by atoms with van der Waals surface area (Å²) in [6.45, 7) is 5.67. The third-order valence-corrected chi connectivity index (χ3v) is 5.80. The monoisotopic (exact) mass is 402 g/mol. The van der Waals surface area contributed by atoms with Crippen molar-refractivity contribution in [1.29, 1.82) is 0 Å². The first-order valence-corrected chi connectivity index (χ1v) is 9.64. The number of carbonyl (C=O) groups is 1. The van der Waals surface area contributed by atoms with Crippen LogP contribution in [0.15, 0.2) is 0 Å². The van der Waals surface area contributed by atoms with Crippen LogP contribution < -0.4 is 10.6 Å². The SMILES string of the molecule is CCO[Si](CNC(=O)Nc1c(F)c(F)c(F)c(F)c1F)(OCC)OCC. The van der Waals surface area contributed by atoms with E-state index in [4.69, 9.17) is 13.3 Å². The van der Waals surface area contributed by atoms with E-state index in [2.05, 4.69) is 5.32 Å². The Morgan fingerprint density at radius 1 is 0.808 bits per heavy atom. The third-order valence-electron chi connectivity index (χ3n) is 3.01. The van der Waals surface area contributed by atoms with Crippen LogP contribution >= 0.6 is 0 Å². The summed E-state index contributed by atoms with van der Waals surface area (Å²) in [5.41, 5.74) is -1.46. The maximum atomic E-state index is 13.6. The molecule has 148 valence electrons. The lowest BCUT2D eigenvalue weighted by atomic mass is 10.2. The Labute approximate surface area is 148 Å². The van der Waals surface area contributed by atoms with Crippen LogP contribution in [-0.4, -0.2) is 40.8 Å². The Kier molecular flexibility index (Phi) is 8.40. The molecule has 0 aromatic heterocycles. The Morgan fingerprint density at radius 3 is 1.58 bits per heavy atom. The number of amides is 2. The molecule has 1 aromatic carbocycles. The molecule has 0 spiro atoms. The van der Waals surface area contributed by atoms with Gasteiger partial charge in [0, 0.05) is 19.8 Å². The topological polar surface area (TPSA) is 68.8 Å². The highest BCUT2D eigenvalue weighted by Gasteiger charge is 2.41. The van der Waals surface area contributed by atoms with Crippen LogP contribution in [0.25, 0.3) is 0 Å². The lowest BCUT2D eigenvalue weighted by Crippen LogP contribution is -2.56. The van der Waals surface area contributed by atoms with Crippen molar-refractivity contribution in [3.63, 3.8) is 0 Å². The highest BCUT2D eigenvalue weighted by Crippen LogP contribution is 2.27. The molecule has 0 heterocycles. The van der Waals surface area contributed by atoms with Crippen LogP contribution in [0.1, 0.15) is 20.8 Å². The summed E-state index contributed by atoms with van der Waals surface area (Å²) in [4.78, 5) is 11.8. The fourth-order valence-corrected chi connectivity index (χ4v) is 4.25. The largest absolute Gasteiger partial charge is 0.521 e. The summed E-state index contributed by atoms with van der Waals surface area (Å²) in [6.07, 6.45) is -0.274. The van der Waals surface area contributed by atoms with Crippen LogP contribution in [0.3, 0.4) is 0 Å². The van der Waals surface area contributed by atoms with Crippen molar-refractivity contribution < 1.29 is 40.0 Å². The molecule has 12 heteroatoms. The number of rotatable bonds is 9. The van der Waals surface area contributed by atoms with Crippen LogP contribution in [0.5, 0.6) is 0 Å². The highest BCUT2D eigenvalue weighted by molar-refractivity contribution is 6.61. The first kappa shape index (κ1) is 22.3. The molecule has 2 N–H and O–H groups in total. The van der Waals surface area contributed by atoms with Crippen LogP contribution in [0, 0.1) is 29.1 Å². The van der Waals surface area contributed by atoms with Crippen molar-refractivity contribution in [2.75, 3.05) is 31.3 Å². The van der Waals surface area contributed by atoms with E-state index in [0.29, 0.717) is 0 Å². The molecular weight excluding hydrogens is 383 g/mol. The number of hydrogen-bond donors (Lipinski definition) is 2. The molecule has 0 fully saturated rings. The van der Waals surface area contributed by atoms with Crippen molar-refractivity contribution in [3.05, 3.63) is 29.1 Å². The molecule has 1 rings (SSSR count). The van der Waals surface area contributed by atoms with Crippen molar-refractivity contribution in [2.24, 2.45) is 0 Å². The average Bonchev–Trinajstić information content (AvgIpc) is 2.61. The molecule has 0 aliphatic heterocycles. The minimum atomic E-state index is -3.30. The van der Waals surface area contributed by atoms with Gasteiger partial charge in [0.05, 0.1) is 6.17 Å². The van der Waals surface area contributed by atoms with E-state index in [1.165, 1.54) is 0 Å². The molecule has 0 unspecified atom stereocenters. The second kappa shape index (κ2) is 9.80. The van der Waals surface area contributed by atoms with Gasteiger partial charge in [0.2, 0.25) is 5.82 Å². The fraction of sp³-hybridized carbons (Fsp3) is 0.500. The molecule has 0 bridgehead atoms. The highest BCUT2D eigenvalue weighted by atomic mass is 28.4. The van der Waals surface area contributed by atoms with Crippen molar-refractivity contribution in [1.82, 2.24) is 5.32 Å². The van der Waals surface area contributed by atoms with Gasteiger partial charge >= 0.3 is 14.8 Å². The van der Waals surface area contributed by atoms with Gasteiger partial charge in [-0.1, -0.05) is 0 Å². The first-order valence-electron chi connectivity index (χ1n) is 7.71. The summed E-state index contributed by atoms with van der Waals surface area (Å²) in [7, 11) is -3.30. The smallest absolute Gasteiger partial charge is 0.373 e. The molecule has 0 saturated carbocycles. The van der Waals surface area contributed by atoms with Gasteiger partial charge in [-0.05, 0) is 20.8 Å². The van der Waals surface area contributed by atoms with E-state index < -0.39 is 49.6 Å². The summed E-state index contributed by atoms with van der Waals surface area (Å²) in [6, 6.07) is -1.22. The van der Waals surface area contributed by atoms with E-state index in [9.17, 15) is 26.7 Å². The summed E-state index contributed by atoms with van der Waals surface area (Å²) >= 11 is 0. The molecule has 0 aliphatic rings. The minimum absolute atomic E-state index is 0.215. The van der Waals surface area contributed by atoms with Crippen molar-refractivity contribution in [3.8, 4) is 0 Å². The number of carbonyl (C=O) groups excluding carboxylic acids is 1. The molecule has 0 atom stereocenters. The first-order chi connectivity index (χ1) is 12.2. The number of halogens is 5. The fourth-order valence-electron chi connectivity index (χ4n) is 2.00. The molecule has 1 aromatic rings. The predicted octanol–water partition coefficient (Wildman–Crippen LogP) is 3.09. The average molecular weight is 402 g/mol. The van der Waals surface area contributed by atoms with Gasteiger partial charge in [-0.25, -0.2) is 26.7 Å². The summed E-state index contributed by atoms with van der Waals surface area (Å²) in [5, 5.41) is 3.79. The predicted molar refractivity (Wildman–Crippen MR) is 83.9 cm³/mol. The second-order valence-electron chi connectivity index (χ2n) is 4.73. The normalized spacial score (nSPS) is 11.5. The zero-order valence-electron chi connectivity index (χ0n) is 14.4. The van der Waals surface area contributed by atoms with E-state index in [0.717, 1.165) is 0 Å². The minimum Gasteiger partial charge on any atom is -0.373 e. The van der Waals surface area contributed by atoms with Gasteiger partial charge in [-0.15, -0.1) is 0 Å². The second-order valence-corrected chi connectivity index (χ2v) is 7.32. The van der Waals surface area contributed by atoms with Gasteiger partial charge in [-0.3, -0.25) is 0 Å². The number of nitrogens with one attached hydrogen (secondary N) is 2. The van der Waals surface area contributed by atoms with Gasteiger partial charge in [0.15, 0.2) is 23.3 Å². The standard InChI is InChI=1S/C14H19F5N2O4Si/c1-4-23-26(24-5-2,25-6-3)7-20-14(22)21-13-11(18)9(16)8(15)10(17)12(13)19/h4-7H2,1-3H3,(H2,20,21,22). The van der Waals surface area contributed by atoms with Crippen molar-refractivity contribution in [2.45, 2.75) is 20.8 Å². The summed E-state index contributed by atoms with van der Waals surface area (Å²) in [5.74, 6) is -11.0. The third kappa shape index (κ3) is 5.12. The number of benzene rings is 1. The lowest BCUT2D eigenvalue weighted by Gasteiger charge is -2.28. The Hall–Kier alpha value is -1.76. The van der Waals surface area contributed by atoms with Crippen LogP contribution in [-0.2, 0) is 13.3 Å². The van der Waals surface area contributed by atoms with Crippen LogP contribution in [0.2, 0.25) is 0 Å². The number of hydrogen-bond acceptors (Lipinski definition) is 4. The molecule has 0 aliphatic carbocycles. The van der Waals surface area contributed by atoms with E-state index in [1.54, 1.807) is 26.1 Å². The quantitative estimate of drug-likeness (QED) is 0.288. The van der Waals surface area contributed by atoms with Crippen LogP contribution in [0.4, 0.5) is 32.4 Å². The lowest BCUT2D eigenvalue weighted by molar-refractivity contribution is 0.0708. The molecule has 2 amide bonds. The van der Waals surface area contributed by atoms with Gasteiger partial charge in [0.25, 0.3) is 0 Å². The number of anilines is 1. The van der Waals surface area contributed by atoms with Gasteiger partial charge < -0.3 is 23.9 Å². The molecule has 6 nitrogen and oxygen atoms in total. The van der Waals surface area contributed by atoms with E-state index in [-0.39, 0.29) is 26.0 Å². The van der Waals surface area contributed by atoms with E-state index in [1.807, 2.05) is 0 Å². The molecule has 0 radical (unpaired) electrons.